The van der Waals surface area contributed by atoms with Crippen LogP contribution in [0.15, 0.2) is 12.4 Å². The number of aryl methyl sites for hydroxylation is 1. The molecule has 4 nitrogen and oxygen atoms in total. The Hall–Kier alpha value is -0.870. The fourth-order valence-electron chi connectivity index (χ4n) is 3.90. The van der Waals surface area contributed by atoms with Gasteiger partial charge in [-0.3, -0.25) is 9.58 Å². The number of hydrogen-bond donors (Lipinski definition) is 1. The Labute approximate surface area is 116 Å². The summed E-state index contributed by atoms with van der Waals surface area (Å²) in [6.07, 6.45) is 9.56. The van der Waals surface area contributed by atoms with Gasteiger partial charge in [0.15, 0.2) is 0 Å². The predicted molar refractivity (Wildman–Crippen MR) is 77.2 cm³/mol. The molecule has 2 unspecified atom stereocenters. The van der Waals surface area contributed by atoms with E-state index < -0.39 is 0 Å². The molecule has 0 saturated carbocycles. The Kier molecular flexibility index (Phi) is 3.89. The van der Waals surface area contributed by atoms with Crippen LogP contribution in [0.25, 0.3) is 0 Å². The zero-order valence-corrected chi connectivity index (χ0v) is 12.2. The van der Waals surface area contributed by atoms with Crippen molar-refractivity contribution in [3.63, 3.8) is 0 Å². The maximum atomic E-state index is 4.39. The Balaban J connectivity index is 1.55. The molecule has 0 aromatic carbocycles. The minimum Gasteiger partial charge on any atom is -0.314 e. The van der Waals surface area contributed by atoms with Crippen molar-refractivity contribution in [3.8, 4) is 0 Å². The maximum Gasteiger partial charge on any atom is 0.0536 e. The van der Waals surface area contributed by atoms with E-state index in [-0.39, 0.29) is 0 Å². The molecular weight excluding hydrogens is 236 g/mol. The minimum absolute atomic E-state index is 0.755. The van der Waals surface area contributed by atoms with Crippen molar-refractivity contribution >= 4 is 0 Å². The number of nitrogens with one attached hydrogen (secondary N) is 1. The van der Waals surface area contributed by atoms with E-state index in [0.717, 1.165) is 37.8 Å². The summed E-state index contributed by atoms with van der Waals surface area (Å²) < 4.78 is 2.09. The van der Waals surface area contributed by atoms with Gasteiger partial charge in [-0.25, -0.2) is 0 Å². The predicted octanol–water partition coefficient (Wildman–Crippen LogP) is 1.80. The van der Waals surface area contributed by atoms with Crippen LogP contribution in [0.5, 0.6) is 0 Å². The molecule has 0 radical (unpaired) electrons. The van der Waals surface area contributed by atoms with Gasteiger partial charge in [-0.15, -0.1) is 0 Å². The van der Waals surface area contributed by atoms with Crippen LogP contribution in [0.2, 0.25) is 0 Å². The second-order valence-corrected chi connectivity index (χ2v) is 6.13. The molecule has 3 heterocycles. The van der Waals surface area contributed by atoms with Crippen molar-refractivity contribution in [1.82, 2.24) is 20.0 Å². The lowest BCUT2D eigenvalue weighted by molar-refractivity contribution is 0.112. The van der Waals surface area contributed by atoms with Gasteiger partial charge in [0.05, 0.1) is 12.7 Å². The molecule has 0 spiro atoms. The quantitative estimate of drug-likeness (QED) is 0.878. The summed E-state index contributed by atoms with van der Waals surface area (Å²) in [5.74, 6) is 0. The lowest BCUT2D eigenvalue weighted by Crippen LogP contribution is -2.49. The van der Waals surface area contributed by atoms with E-state index in [2.05, 4.69) is 40.0 Å². The molecular formula is C15H26N4. The Morgan fingerprint density at radius 2 is 2.00 bits per heavy atom. The van der Waals surface area contributed by atoms with Gasteiger partial charge in [0, 0.05) is 30.9 Å². The highest BCUT2D eigenvalue weighted by Crippen LogP contribution is 2.35. The van der Waals surface area contributed by atoms with Crippen LogP contribution in [-0.2, 0) is 6.54 Å². The van der Waals surface area contributed by atoms with E-state index in [4.69, 9.17) is 0 Å². The number of aromatic nitrogens is 2. The molecule has 1 N–H and O–H groups in total. The summed E-state index contributed by atoms with van der Waals surface area (Å²) in [6.45, 7) is 7.63. The van der Waals surface area contributed by atoms with Gasteiger partial charge in [-0.05, 0) is 44.7 Å². The van der Waals surface area contributed by atoms with Crippen LogP contribution in [0.1, 0.15) is 38.2 Å². The SMILES string of the molecule is CCNC1CC2CCC(C1)N2CCn1cc(C)cn1. The highest BCUT2D eigenvalue weighted by Gasteiger charge is 2.39. The van der Waals surface area contributed by atoms with Crippen LogP contribution in [-0.4, -0.2) is 45.9 Å². The lowest BCUT2D eigenvalue weighted by atomic mass is 9.97. The van der Waals surface area contributed by atoms with Gasteiger partial charge in [0.25, 0.3) is 0 Å². The normalized spacial score (nSPS) is 30.9. The van der Waals surface area contributed by atoms with Crippen LogP contribution in [0.4, 0.5) is 0 Å². The molecule has 1 aromatic rings. The molecule has 0 amide bonds. The van der Waals surface area contributed by atoms with E-state index >= 15 is 0 Å². The smallest absolute Gasteiger partial charge is 0.0536 e. The number of hydrogen-bond acceptors (Lipinski definition) is 3. The first-order chi connectivity index (χ1) is 9.26. The third kappa shape index (κ3) is 2.84. The third-order valence-corrected chi connectivity index (χ3v) is 4.73. The third-order valence-electron chi connectivity index (χ3n) is 4.73. The van der Waals surface area contributed by atoms with Crippen molar-refractivity contribution in [2.24, 2.45) is 0 Å². The Bertz CT molecular complexity index is 400. The molecule has 3 rings (SSSR count). The fraction of sp³-hybridized carbons (Fsp3) is 0.800. The molecule has 1 aromatic heterocycles. The molecule has 2 aliphatic rings. The summed E-state index contributed by atoms with van der Waals surface area (Å²) in [4.78, 5) is 2.74. The van der Waals surface area contributed by atoms with Crippen molar-refractivity contribution < 1.29 is 0 Å². The first kappa shape index (κ1) is 13.1. The number of nitrogens with zero attached hydrogens (tertiary/aromatic N) is 3. The van der Waals surface area contributed by atoms with E-state index in [1.807, 2.05) is 6.20 Å². The van der Waals surface area contributed by atoms with E-state index in [9.17, 15) is 0 Å². The van der Waals surface area contributed by atoms with Gasteiger partial charge in [0.2, 0.25) is 0 Å². The largest absolute Gasteiger partial charge is 0.314 e. The van der Waals surface area contributed by atoms with E-state index in [1.54, 1.807) is 0 Å². The summed E-state index contributed by atoms with van der Waals surface area (Å²) >= 11 is 0. The lowest BCUT2D eigenvalue weighted by Gasteiger charge is -2.39. The Morgan fingerprint density at radius 1 is 1.26 bits per heavy atom. The number of piperidine rings is 1. The fourth-order valence-corrected chi connectivity index (χ4v) is 3.90. The Morgan fingerprint density at radius 3 is 2.58 bits per heavy atom. The topological polar surface area (TPSA) is 33.1 Å². The average molecular weight is 262 g/mol. The van der Waals surface area contributed by atoms with Crippen LogP contribution in [0.3, 0.4) is 0 Å². The molecule has 106 valence electrons. The maximum absolute atomic E-state index is 4.39. The first-order valence-electron chi connectivity index (χ1n) is 7.74. The van der Waals surface area contributed by atoms with Gasteiger partial charge >= 0.3 is 0 Å². The average Bonchev–Trinajstić information content (AvgIpc) is 2.89. The van der Waals surface area contributed by atoms with Gasteiger partial charge < -0.3 is 5.32 Å². The minimum atomic E-state index is 0.755. The summed E-state index contributed by atoms with van der Waals surface area (Å²) in [5.41, 5.74) is 1.26. The summed E-state index contributed by atoms with van der Waals surface area (Å²) in [5, 5.41) is 8.03. The molecule has 2 atom stereocenters. The molecule has 4 heteroatoms. The number of rotatable bonds is 5. The van der Waals surface area contributed by atoms with Gasteiger partial charge in [-0.1, -0.05) is 6.92 Å². The summed E-state index contributed by atoms with van der Waals surface area (Å²) in [6, 6.07) is 2.37. The van der Waals surface area contributed by atoms with Crippen molar-refractivity contribution in [1.29, 1.82) is 0 Å². The van der Waals surface area contributed by atoms with Gasteiger partial charge in [0.1, 0.15) is 0 Å². The summed E-state index contributed by atoms with van der Waals surface area (Å²) in [7, 11) is 0. The van der Waals surface area contributed by atoms with Crippen molar-refractivity contribution in [2.75, 3.05) is 13.1 Å². The molecule has 2 aliphatic heterocycles. The monoisotopic (exact) mass is 262 g/mol. The molecule has 2 fully saturated rings. The zero-order chi connectivity index (χ0) is 13.2. The number of fused-ring (bicyclic) bond motifs is 2. The van der Waals surface area contributed by atoms with Crippen molar-refractivity contribution in [3.05, 3.63) is 18.0 Å². The zero-order valence-electron chi connectivity index (χ0n) is 12.2. The first-order valence-corrected chi connectivity index (χ1v) is 7.74. The van der Waals surface area contributed by atoms with Gasteiger partial charge in [-0.2, -0.15) is 5.10 Å². The molecule has 0 aliphatic carbocycles. The van der Waals surface area contributed by atoms with Crippen LogP contribution in [0, 0.1) is 6.92 Å². The standard InChI is InChI=1S/C15H26N4/c1-3-16-13-8-14-4-5-15(9-13)19(14)7-6-18-11-12(2)10-17-18/h10-11,13-16H,3-9H2,1-2H3. The molecule has 2 saturated heterocycles. The van der Waals surface area contributed by atoms with Crippen molar-refractivity contribution in [2.45, 2.75) is 64.2 Å². The van der Waals surface area contributed by atoms with E-state index in [1.165, 1.54) is 31.2 Å². The molecule has 19 heavy (non-hydrogen) atoms. The second kappa shape index (κ2) is 5.63. The highest BCUT2D eigenvalue weighted by atomic mass is 15.3. The van der Waals surface area contributed by atoms with E-state index in [0.29, 0.717) is 0 Å². The highest BCUT2D eigenvalue weighted by molar-refractivity contribution is 5.00. The van der Waals surface area contributed by atoms with Crippen LogP contribution < -0.4 is 5.32 Å². The van der Waals surface area contributed by atoms with Crippen LogP contribution >= 0.6 is 0 Å². The second-order valence-electron chi connectivity index (χ2n) is 6.13. The molecule has 2 bridgehead atoms.